The molecule has 0 radical (unpaired) electrons. The van der Waals surface area contributed by atoms with Gasteiger partial charge < -0.3 is 10.6 Å². The number of hydrogen-bond acceptors (Lipinski definition) is 4. The second kappa shape index (κ2) is 4.18. The topological polar surface area (TPSA) is 59.2 Å². The van der Waals surface area contributed by atoms with Gasteiger partial charge in [-0.1, -0.05) is 6.92 Å². The summed E-state index contributed by atoms with van der Waals surface area (Å²) in [5.41, 5.74) is 6.02. The standard InChI is InChI=1S/C10H15N3OS/c1-2-7-4-3-5-13(7)9(14)8-6-15-10(11)12-8/h6-7H,2-5H2,1H3,(H2,11,12). The normalized spacial score (nSPS) is 20.9. The van der Waals surface area contributed by atoms with Crippen molar-refractivity contribution in [1.29, 1.82) is 0 Å². The van der Waals surface area contributed by atoms with Crippen LogP contribution in [-0.2, 0) is 0 Å². The third-order valence-electron chi connectivity index (χ3n) is 2.85. The minimum atomic E-state index is 0.0345. The van der Waals surface area contributed by atoms with Gasteiger partial charge >= 0.3 is 0 Å². The van der Waals surface area contributed by atoms with Crippen LogP contribution in [-0.4, -0.2) is 28.4 Å². The van der Waals surface area contributed by atoms with Crippen molar-refractivity contribution in [2.45, 2.75) is 32.2 Å². The summed E-state index contributed by atoms with van der Waals surface area (Å²) in [6, 6.07) is 0.389. The van der Waals surface area contributed by atoms with Gasteiger partial charge in [0.05, 0.1) is 0 Å². The van der Waals surface area contributed by atoms with Crippen LogP contribution < -0.4 is 5.73 Å². The molecule has 82 valence electrons. The molecule has 1 amide bonds. The molecular weight excluding hydrogens is 210 g/mol. The second-order valence-electron chi connectivity index (χ2n) is 3.77. The highest BCUT2D eigenvalue weighted by molar-refractivity contribution is 7.13. The lowest BCUT2D eigenvalue weighted by Gasteiger charge is -2.22. The lowest BCUT2D eigenvalue weighted by molar-refractivity contribution is 0.0728. The highest BCUT2D eigenvalue weighted by Gasteiger charge is 2.29. The smallest absolute Gasteiger partial charge is 0.273 e. The van der Waals surface area contributed by atoms with Crippen LogP contribution >= 0.6 is 11.3 Å². The summed E-state index contributed by atoms with van der Waals surface area (Å²) in [7, 11) is 0. The quantitative estimate of drug-likeness (QED) is 0.834. The second-order valence-corrected chi connectivity index (χ2v) is 4.66. The first kappa shape index (κ1) is 10.4. The number of amides is 1. The molecule has 4 nitrogen and oxygen atoms in total. The average Bonchev–Trinajstić information content (AvgIpc) is 2.84. The van der Waals surface area contributed by atoms with E-state index in [0.717, 1.165) is 25.8 Å². The van der Waals surface area contributed by atoms with Gasteiger partial charge in [-0.15, -0.1) is 11.3 Å². The molecule has 1 atom stereocenters. The van der Waals surface area contributed by atoms with Crippen LogP contribution in [0.4, 0.5) is 5.13 Å². The molecule has 1 unspecified atom stereocenters. The van der Waals surface area contributed by atoms with Gasteiger partial charge in [0.1, 0.15) is 5.69 Å². The van der Waals surface area contributed by atoms with Crippen molar-refractivity contribution in [1.82, 2.24) is 9.88 Å². The zero-order valence-corrected chi connectivity index (χ0v) is 9.59. The van der Waals surface area contributed by atoms with Gasteiger partial charge in [0.15, 0.2) is 5.13 Å². The monoisotopic (exact) mass is 225 g/mol. The van der Waals surface area contributed by atoms with Crippen molar-refractivity contribution >= 4 is 22.4 Å². The summed E-state index contributed by atoms with van der Waals surface area (Å²) >= 11 is 1.32. The van der Waals surface area contributed by atoms with Crippen LogP contribution in [0.5, 0.6) is 0 Å². The lowest BCUT2D eigenvalue weighted by Crippen LogP contribution is -2.35. The first-order valence-corrected chi connectivity index (χ1v) is 6.12. The molecule has 0 aromatic carbocycles. The third kappa shape index (κ3) is 1.97. The Morgan fingerprint density at radius 3 is 3.20 bits per heavy atom. The predicted molar refractivity (Wildman–Crippen MR) is 60.9 cm³/mol. The Balaban J connectivity index is 2.13. The van der Waals surface area contributed by atoms with Crippen molar-refractivity contribution in [3.8, 4) is 0 Å². The number of thiazole rings is 1. The lowest BCUT2D eigenvalue weighted by atomic mass is 10.1. The summed E-state index contributed by atoms with van der Waals surface area (Å²) in [4.78, 5) is 18.0. The fraction of sp³-hybridized carbons (Fsp3) is 0.600. The Hall–Kier alpha value is -1.10. The van der Waals surface area contributed by atoms with Crippen LogP contribution in [0, 0.1) is 0 Å². The van der Waals surface area contributed by atoms with E-state index < -0.39 is 0 Å². The van der Waals surface area contributed by atoms with E-state index in [1.807, 2.05) is 4.90 Å². The van der Waals surface area contributed by atoms with Crippen LogP contribution in [0.2, 0.25) is 0 Å². The molecule has 1 aliphatic heterocycles. The average molecular weight is 225 g/mol. The number of likely N-dealkylation sites (tertiary alicyclic amines) is 1. The molecule has 1 aliphatic rings. The Kier molecular flexibility index (Phi) is 2.90. The zero-order valence-electron chi connectivity index (χ0n) is 8.77. The first-order chi connectivity index (χ1) is 7.22. The Labute approximate surface area is 93.1 Å². The number of hydrogen-bond donors (Lipinski definition) is 1. The molecule has 2 N–H and O–H groups in total. The molecule has 15 heavy (non-hydrogen) atoms. The van der Waals surface area contributed by atoms with Gasteiger partial charge in [-0.25, -0.2) is 4.98 Å². The van der Waals surface area contributed by atoms with Crippen LogP contribution in [0.3, 0.4) is 0 Å². The number of anilines is 1. The molecule has 1 saturated heterocycles. The van der Waals surface area contributed by atoms with E-state index in [0.29, 0.717) is 16.9 Å². The van der Waals surface area contributed by atoms with Crippen molar-refractivity contribution < 1.29 is 4.79 Å². The fourth-order valence-electron chi connectivity index (χ4n) is 2.06. The molecular formula is C10H15N3OS. The number of carbonyl (C=O) groups excluding carboxylic acids is 1. The van der Waals surface area contributed by atoms with Crippen molar-refractivity contribution in [2.75, 3.05) is 12.3 Å². The molecule has 0 aliphatic carbocycles. The summed E-state index contributed by atoms with van der Waals surface area (Å²) in [5, 5.41) is 2.20. The molecule has 5 heteroatoms. The van der Waals surface area contributed by atoms with Gasteiger partial charge in [0, 0.05) is 18.0 Å². The van der Waals surface area contributed by atoms with E-state index >= 15 is 0 Å². The molecule has 1 aromatic heterocycles. The van der Waals surface area contributed by atoms with Crippen LogP contribution in [0.15, 0.2) is 5.38 Å². The van der Waals surface area contributed by atoms with Gasteiger partial charge in [0.25, 0.3) is 5.91 Å². The SMILES string of the molecule is CCC1CCCN1C(=O)c1csc(N)n1. The Morgan fingerprint density at radius 1 is 1.80 bits per heavy atom. The number of nitrogen functional groups attached to an aromatic ring is 1. The number of rotatable bonds is 2. The number of nitrogens with two attached hydrogens (primary N) is 1. The summed E-state index contributed by atoms with van der Waals surface area (Å²) < 4.78 is 0. The molecule has 1 aromatic rings. The predicted octanol–water partition coefficient (Wildman–Crippen LogP) is 1.74. The molecule has 1 fully saturated rings. The van der Waals surface area contributed by atoms with E-state index in [-0.39, 0.29) is 5.91 Å². The highest BCUT2D eigenvalue weighted by atomic mass is 32.1. The van der Waals surface area contributed by atoms with Crippen LogP contribution in [0.1, 0.15) is 36.7 Å². The molecule has 2 rings (SSSR count). The van der Waals surface area contributed by atoms with E-state index in [1.54, 1.807) is 5.38 Å². The summed E-state index contributed by atoms with van der Waals surface area (Å²) in [5.74, 6) is 0.0345. The minimum absolute atomic E-state index is 0.0345. The molecule has 0 spiro atoms. The number of nitrogens with zero attached hydrogens (tertiary/aromatic N) is 2. The molecule has 2 heterocycles. The largest absolute Gasteiger partial charge is 0.375 e. The number of carbonyl (C=O) groups is 1. The number of aromatic nitrogens is 1. The summed E-state index contributed by atoms with van der Waals surface area (Å²) in [6.07, 6.45) is 3.23. The van der Waals surface area contributed by atoms with Gasteiger partial charge in [-0.2, -0.15) is 0 Å². The molecule has 0 bridgehead atoms. The van der Waals surface area contributed by atoms with Crippen molar-refractivity contribution in [2.24, 2.45) is 0 Å². The Bertz CT molecular complexity index is 363. The van der Waals surface area contributed by atoms with E-state index in [4.69, 9.17) is 5.73 Å². The maximum Gasteiger partial charge on any atom is 0.273 e. The maximum absolute atomic E-state index is 12.0. The highest BCUT2D eigenvalue weighted by Crippen LogP contribution is 2.23. The van der Waals surface area contributed by atoms with E-state index in [2.05, 4.69) is 11.9 Å². The van der Waals surface area contributed by atoms with Gasteiger partial charge in [-0.05, 0) is 19.3 Å². The maximum atomic E-state index is 12.0. The third-order valence-corrected chi connectivity index (χ3v) is 3.52. The minimum Gasteiger partial charge on any atom is -0.375 e. The first-order valence-electron chi connectivity index (χ1n) is 5.24. The summed E-state index contributed by atoms with van der Waals surface area (Å²) in [6.45, 7) is 2.97. The van der Waals surface area contributed by atoms with Gasteiger partial charge in [0.2, 0.25) is 0 Å². The molecule has 0 saturated carbocycles. The van der Waals surface area contributed by atoms with Crippen molar-refractivity contribution in [3.05, 3.63) is 11.1 Å². The Morgan fingerprint density at radius 2 is 2.60 bits per heavy atom. The van der Waals surface area contributed by atoms with Crippen molar-refractivity contribution in [3.63, 3.8) is 0 Å². The zero-order chi connectivity index (χ0) is 10.8. The van der Waals surface area contributed by atoms with Crippen LogP contribution in [0.25, 0.3) is 0 Å². The van der Waals surface area contributed by atoms with E-state index in [1.165, 1.54) is 11.3 Å². The fourth-order valence-corrected chi connectivity index (χ4v) is 2.60. The van der Waals surface area contributed by atoms with E-state index in [9.17, 15) is 4.79 Å². The van der Waals surface area contributed by atoms with Gasteiger partial charge in [-0.3, -0.25) is 4.79 Å².